The number of aryl methyl sites for hydroxylation is 1. The molecule has 0 amide bonds. The summed E-state index contributed by atoms with van der Waals surface area (Å²) in [6.45, 7) is 2.86. The predicted octanol–water partition coefficient (Wildman–Crippen LogP) is 3.11. The third-order valence-corrected chi connectivity index (χ3v) is 4.67. The molecule has 3 heterocycles. The van der Waals surface area contributed by atoms with Crippen LogP contribution in [0.25, 0.3) is 11.6 Å². The van der Waals surface area contributed by atoms with Gasteiger partial charge < -0.3 is 8.98 Å². The highest BCUT2D eigenvalue weighted by Gasteiger charge is 2.28. The Hall–Kier alpha value is -2.18. The van der Waals surface area contributed by atoms with E-state index in [2.05, 4.69) is 32.2 Å². The van der Waals surface area contributed by atoms with Crippen molar-refractivity contribution in [3.63, 3.8) is 0 Å². The Morgan fingerprint density at radius 2 is 2.08 bits per heavy atom. The Morgan fingerprint density at radius 3 is 2.83 bits per heavy atom. The molecule has 1 fully saturated rings. The van der Waals surface area contributed by atoms with Crippen molar-refractivity contribution in [1.29, 1.82) is 0 Å². The fourth-order valence-electron chi connectivity index (χ4n) is 3.09. The van der Waals surface area contributed by atoms with Crippen molar-refractivity contribution in [1.82, 2.24) is 24.6 Å². The monoisotopic (exact) mass is 343 g/mol. The maximum atomic E-state index is 5.94. The number of rotatable bonds is 4. The maximum absolute atomic E-state index is 5.94. The van der Waals surface area contributed by atoms with Crippen LogP contribution in [0, 0.1) is 0 Å². The molecule has 1 aliphatic rings. The Bertz CT molecular complexity index is 826. The molecule has 3 aromatic rings. The average molecular weight is 344 g/mol. The summed E-state index contributed by atoms with van der Waals surface area (Å²) in [6.07, 6.45) is 4.49. The Balaban J connectivity index is 1.42. The molecule has 0 N–H and O–H groups in total. The van der Waals surface area contributed by atoms with Crippen LogP contribution in [0.15, 0.2) is 41.2 Å². The average Bonchev–Trinajstić information content (AvgIpc) is 3.29. The summed E-state index contributed by atoms with van der Waals surface area (Å²) >= 11 is 5.94. The van der Waals surface area contributed by atoms with E-state index in [0.717, 1.165) is 36.8 Å². The molecule has 124 valence electrons. The summed E-state index contributed by atoms with van der Waals surface area (Å²) in [5, 5.41) is 9.19. The van der Waals surface area contributed by atoms with Crippen LogP contribution in [-0.4, -0.2) is 37.7 Å². The van der Waals surface area contributed by atoms with Crippen LogP contribution in [-0.2, 0) is 13.6 Å². The smallest absolute Gasteiger partial charge is 0.265 e. The number of halogens is 1. The van der Waals surface area contributed by atoms with Gasteiger partial charge in [0.05, 0.1) is 18.4 Å². The molecule has 0 spiro atoms. The van der Waals surface area contributed by atoms with Crippen molar-refractivity contribution in [2.24, 2.45) is 7.05 Å². The molecular formula is C17H18ClN5O. The predicted molar refractivity (Wildman–Crippen MR) is 90.6 cm³/mol. The molecule has 24 heavy (non-hydrogen) atoms. The number of benzene rings is 1. The van der Waals surface area contributed by atoms with Gasteiger partial charge in [0.1, 0.15) is 5.69 Å². The fourth-order valence-corrected chi connectivity index (χ4v) is 3.22. The quantitative estimate of drug-likeness (QED) is 0.728. The first-order valence-corrected chi connectivity index (χ1v) is 8.34. The van der Waals surface area contributed by atoms with E-state index in [9.17, 15) is 0 Å². The summed E-state index contributed by atoms with van der Waals surface area (Å²) in [5.41, 5.74) is 2.10. The first-order valence-electron chi connectivity index (χ1n) is 7.96. The Labute approximate surface area is 145 Å². The standard InChI is InChI=1S/C17H18ClN5O/c1-22-11-19-8-15(22)17-21-20-16(24-17)13-6-7-23(10-13)9-12-2-4-14(18)5-3-12/h2-5,8,11,13H,6-7,9-10H2,1H3/t13-/m0/s1. The van der Waals surface area contributed by atoms with E-state index >= 15 is 0 Å². The Kier molecular flexibility index (Phi) is 4.08. The maximum Gasteiger partial charge on any atom is 0.265 e. The van der Waals surface area contributed by atoms with Crippen molar-refractivity contribution in [3.05, 3.63) is 53.3 Å². The molecule has 0 bridgehead atoms. The normalized spacial score (nSPS) is 18.3. The summed E-state index contributed by atoms with van der Waals surface area (Å²) in [4.78, 5) is 6.49. The van der Waals surface area contributed by atoms with Crippen LogP contribution in [0.5, 0.6) is 0 Å². The lowest BCUT2D eigenvalue weighted by Gasteiger charge is -2.15. The van der Waals surface area contributed by atoms with Crippen molar-refractivity contribution in [2.45, 2.75) is 18.9 Å². The third-order valence-electron chi connectivity index (χ3n) is 4.42. The van der Waals surface area contributed by atoms with Crippen LogP contribution < -0.4 is 0 Å². The number of hydrogen-bond acceptors (Lipinski definition) is 5. The number of hydrogen-bond donors (Lipinski definition) is 0. The third kappa shape index (κ3) is 3.07. The van der Waals surface area contributed by atoms with Gasteiger partial charge in [0.15, 0.2) is 0 Å². The van der Waals surface area contributed by atoms with Gasteiger partial charge in [0.25, 0.3) is 5.89 Å². The molecule has 4 rings (SSSR count). The summed E-state index contributed by atoms with van der Waals surface area (Å²) < 4.78 is 7.75. The summed E-state index contributed by atoms with van der Waals surface area (Å²) in [5.74, 6) is 1.53. The van der Waals surface area contributed by atoms with Gasteiger partial charge in [-0.2, -0.15) is 0 Å². The molecule has 7 heteroatoms. The van der Waals surface area contributed by atoms with Crippen LogP contribution in [0.2, 0.25) is 5.02 Å². The highest BCUT2D eigenvalue weighted by molar-refractivity contribution is 6.30. The minimum absolute atomic E-state index is 0.284. The van der Waals surface area contributed by atoms with E-state index in [0.29, 0.717) is 11.8 Å². The second-order valence-corrected chi connectivity index (χ2v) is 6.62. The molecule has 1 atom stereocenters. The lowest BCUT2D eigenvalue weighted by atomic mass is 10.1. The molecule has 2 aromatic heterocycles. The molecule has 6 nitrogen and oxygen atoms in total. The highest BCUT2D eigenvalue weighted by atomic mass is 35.5. The molecule has 0 unspecified atom stereocenters. The first-order chi connectivity index (χ1) is 11.7. The lowest BCUT2D eigenvalue weighted by Crippen LogP contribution is -2.19. The van der Waals surface area contributed by atoms with E-state index in [-0.39, 0.29) is 5.92 Å². The molecule has 1 aliphatic heterocycles. The van der Waals surface area contributed by atoms with Crippen molar-refractivity contribution in [2.75, 3.05) is 13.1 Å². The van der Waals surface area contributed by atoms with Gasteiger partial charge in [-0.1, -0.05) is 23.7 Å². The SMILES string of the molecule is Cn1cncc1-c1nnc([C@H]2CCN(Cc3ccc(Cl)cc3)C2)o1. The van der Waals surface area contributed by atoms with E-state index < -0.39 is 0 Å². The van der Waals surface area contributed by atoms with Crippen molar-refractivity contribution in [3.8, 4) is 11.6 Å². The minimum atomic E-state index is 0.284. The van der Waals surface area contributed by atoms with Gasteiger partial charge in [-0.3, -0.25) is 4.90 Å². The van der Waals surface area contributed by atoms with E-state index in [1.165, 1.54) is 5.56 Å². The van der Waals surface area contributed by atoms with Crippen molar-refractivity contribution < 1.29 is 4.42 Å². The number of imidazole rings is 1. The highest BCUT2D eigenvalue weighted by Crippen LogP contribution is 2.29. The first kappa shape index (κ1) is 15.4. The topological polar surface area (TPSA) is 60.0 Å². The summed E-state index contributed by atoms with van der Waals surface area (Å²) in [6, 6.07) is 8.01. The lowest BCUT2D eigenvalue weighted by molar-refractivity contribution is 0.320. The van der Waals surface area contributed by atoms with Gasteiger partial charge >= 0.3 is 0 Å². The van der Waals surface area contributed by atoms with Gasteiger partial charge in [-0.05, 0) is 30.7 Å². The summed E-state index contributed by atoms with van der Waals surface area (Å²) in [7, 11) is 1.91. The fraction of sp³-hybridized carbons (Fsp3) is 0.353. The molecule has 0 aliphatic carbocycles. The minimum Gasteiger partial charge on any atom is -0.419 e. The largest absolute Gasteiger partial charge is 0.419 e. The Morgan fingerprint density at radius 1 is 1.25 bits per heavy atom. The zero-order chi connectivity index (χ0) is 16.5. The van der Waals surface area contributed by atoms with E-state index in [4.69, 9.17) is 16.0 Å². The second-order valence-electron chi connectivity index (χ2n) is 6.18. The van der Waals surface area contributed by atoms with Gasteiger partial charge in [0, 0.05) is 25.2 Å². The van der Waals surface area contributed by atoms with Gasteiger partial charge in [-0.15, -0.1) is 10.2 Å². The number of likely N-dealkylation sites (tertiary alicyclic amines) is 1. The number of aromatic nitrogens is 4. The zero-order valence-corrected chi connectivity index (χ0v) is 14.1. The molecule has 1 saturated heterocycles. The zero-order valence-electron chi connectivity index (χ0n) is 13.4. The van der Waals surface area contributed by atoms with Crippen LogP contribution in [0.3, 0.4) is 0 Å². The van der Waals surface area contributed by atoms with Crippen LogP contribution in [0.4, 0.5) is 0 Å². The molecular weight excluding hydrogens is 326 g/mol. The number of nitrogens with zero attached hydrogens (tertiary/aromatic N) is 5. The van der Waals surface area contributed by atoms with E-state index in [1.807, 2.05) is 23.7 Å². The van der Waals surface area contributed by atoms with Gasteiger partial charge in [-0.25, -0.2) is 4.98 Å². The van der Waals surface area contributed by atoms with E-state index in [1.54, 1.807) is 12.5 Å². The van der Waals surface area contributed by atoms with Crippen LogP contribution in [0.1, 0.15) is 23.8 Å². The molecule has 1 aromatic carbocycles. The van der Waals surface area contributed by atoms with Gasteiger partial charge in [0.2, 0.25) is 5.89 Å². The molecule has 0 radical (unpaired) electrons. The second kappa shape index (κ2) is 6.37. The molecule has 0 saturated carbocycles. The van der Waals surface area contributed by atoms with Crippen molar-refractivity contribution >= 4 is 11.6 Å². The van der Waals surface area contributed by atoms with Crippen LogP contribution >= 0.6 is 11.6 Å².